The molecule has 5 rings (SSSR count). The highest BCUT2D eigenvalue weighted by molar-refractivity contribution is 6.00. The van der Waals surface area contributed by atoms with Gasteiger partial charge < -0.3 is 15.8 Å². The number of hydrogen-bond acceptors (Lipinski definition) is 5. The molecular formula is C24H29N7O3+2. The minimum absolute atomic E-state index is 0.00957. The lowest BCUT2D eigenvalue weighted by Gasteiger charge is -2.14. The normalized spacial score (nSPS) is 15.9. The van der Waals surface area contributed by atoms with E-state index in [-0.39, 0.29) is 23.1 Å². The number of fused-ring (bicyclic) bond motifs is 2. The Morgan fingerprint density at radius 1 is 1.38 bits per heavy atom. The fourth-order valence-electron chi connectivity index (χ4n) is 4.44. The molecule has 1 amide bonds. The molecule has 1 aliphatic heterocycles. The minimum atomic E-state index is -0.322. The second-order valence-electron chi connectivity index (χ2n) is 8.73. The number of rotatable bonds is 7. The number of carbonyl (C=O) groups is 1. The number of amides is 1. The van der Waals surface area contributed by atoms with Crippen LogP contribution in [0.1, 0.15) is 35.2 Å². The number of aryl methyl sites for hydroxylation is 3. The zero-order chi connectivity index (χ0) is 23.7. The first-order chi connectivity index (χ1) is 16.5. The van der Waals surface area contributed by atoms with E-state index in [1.54, 1.807) is 16.8 Å². The van der Waals surface area contributed by atoms with Crippen LogP contribution in [0.25, 0.3) is 16.7 Å². The predicted molar refractivity (Wildman–Crippen MR) is 125 cm³/mol. The monoisotopic (exact) mass is 463 g/mol. The van der Waals surface area contributed by atoms with E-state index in [1.165, 1.54) is 4.40 Å². The molecule has 10 heteroatoms. The summed E-state index contributed by atoms with van der Waals surface area (Å²) in [5, 5.41) is 3.28. The molecule has 0 saturated carbocycles. The van der Waals surface area contributed by atoms with Crippen LogP contribution in [0.4, 0.5) is 5.82 Å². The van der Waals surface area contributed by atoms with Crippen LogP contribution in [-0.2, 0) is 17.8 Å². The Labute approximate surface area is 196 Å². The number of carbonyl (C=O) groups excluding carboxylic acids is 1. The maximum Gasteiger partial charge on any atom is 0.278 e. The van der Waals surface area contributed by atoms with Gasteiger partial charge in [-0.05, 0) is 37.5 Å². The van der Waals surface area contributed by atoms with Crippen molar-refractivity contribution in [3.8, 4) is 0 Å². The standard InChI is InChI=1S/C24H27N7O3/c1-16-5-6-20-28-22-19(24(33)31(20)14-16)12-18(23(32)27-13-17-4-2-11-34-17)21(25)30(22)9-3-8-29-10-7-26-15-29/h5-7,10,12,14-15,17,25H,2-4,8-9,11,13H2,1H3,(H,27,32)/p+2. The Morgan fingerprint density at radius 2 is 2.26 bits per heavy atom. The molecule has 1 fully saturated rings. The van der Waals surface area contributed by atoms with Gasteiger partial charge in [-0.1, -0.05) is 11.1 Å². The number of aromatic amines is 1. The van der Waals surface area contributed by atoms with Crippen molar-refractivity contribution in [1.82, 2.24) is 19.7 Å². The summed E-state index contributed by atoms with van der Waals surface area (Å²) in [6, 6.07) is 5.29. The number of imidazole rings is 1. The van der Waals surface area contributed by atoms with Gasteiger partial charge in [-0.3, -0.25) is 19.0 Å². The van der Waals surface area contributed by atoms with Gasteiger partial charge in [0, 0.05) is 25.8 Å². The van der Waals surface area contributed by atoms with Crippen molar-refractivity contribution in [3.05, 3.63) is 64.6 Å². The van der Waals surface area contributed by atoms with Crippen molar-refractivity contribution < 1.29 is 18.7 Å². The van der Waals surface area contributed by atoms with Crippen molar-refractivity contribution in [1.29, 1.82) is 0 Å². The predicted octanol–water partition coefficient (Wildman–Crippen LogP) is 0.641. The van der Waals surface area contributed by atoms with Crippen molar-refractivity contribution >= 4 is 28.4 Å². The quantitative estimate of drug-likeness (QED) is 0.274. The second-order valence-corrected chi connectivity index (χ2v) is 8.73. The first kappa shape index (κ1) is 22.0. The van der Waals surface area contributed by atoms with E-state index in [0.29, 0.717) is 42.2 Å². The number of nitrogens with zero attached hydrogens (tertiary/aromatic N) is 4. The summed E-state index contributed by atoms with van der Waals surface area (Å²) >= 11 is 0. The van der Waals surface area contributed by atoms with Gasteiger partial charge in [0.25, 0.3) is 17.1 Å². The zero-order valence-corrected chi connectivity index (χ0v) is 19.2. The molecular weight excluding hydrogens is 434 g/mol. The number of aromatic nitrogens is 5. The third-order valence-corrected chi connectivity index (χ3v) is 6.26. The highest BCUT2D eigenvalue weighted by atomic mass is 16.5. The third kappa shape index (κ3) is 4.24. The van der Waals surface area contributed by atoms with Crippen molar-refractivity contribution in [2.24, 2.45) is 0 Å². The van der Waals surface area contributed by atoms with E-state index in [0.717, 1.165) is 31.4 Å². The average Bonchev–Trinajstić information content (AvgIpc) is 3.54. The van der Waals surface area contributed by atoms with Crippen LogP contribution < -0.4 is 25.7 Å². The highest BCUT2D eigenvalue weighted by Crippen LogP contribution is 2.16. The van der Waals surface area contributed by atoms with Crippen LogP contribution in [0, 0.1) is 6.92 Å². The smallest absolute Gasteiger partial charge is 0.278 e. The Balaban J connectivity index is 1.57. The number of ether oxygens (including phenoxy) is 1. The van der Waals surface area contributed by atoms with E-state index in [2.05, 4.69) is 10.3 Å². The van der Waals surface area contributed by atoms with Crippen LogP contribution in [0.5, 0.6) is 0 Å². The number of nitrogens with one attached hydrogen (secondary N) is 2. The topological polar surface area (TPSA) is 122 Å². The molecule has 1 unspecified atom stereocenters. The number of nitrogen functional groups attached to an aromatic ring is 1. The van der Waals surface area contributed by atoms with Crippen LogP contribution in [0.15, 0.2) is 47.9 Å². The summed E-state index contributed by atoms with van der Waals surface area (Å²) in [6.07, 6.45) is 10.1. The molecule has 0 bridgehead atoms. The van der Waals surface area contributed by atoms with Crippen LogP contribution in [0.2, 0.25) is 0 Å². The van der Waals surface area contributed by atoms with Crippen LogP contribution in [-0.4, -0.2) is 39.5 Å². The summed E-state index contributed by atoms with van der Waals surface area (Å²) in [6.45, 7) is 4.30. The Kier molecular flexibility index (Phi) is 5.97. The van der Waals surface area contributed by atoms with Gasteiger partial charge in [0.2, 0.25) is 17.8 Å². The van der Waals surface area contributed by atoms with Gasteiger partial charge in [0.05, 0.1) is 19.2 Å². The molecule has 4 N–H and O–H groups in total. The number of nitrogens with two attached hydrogens (primary N) is 1. The Morgan fingerprint density at radius 3 is 3.03 bits per heavy atom. The van der Waals surface area contributed by atoms with Gasteiger partial charge in [0.15, 0.2) is 0 Å². The largest absolute Gasteiger partial charge is 0.376 e. The SMILES string of the molecule is Cc1ccc2nc3c(cc(C(=O)NCC4CCCO4)c(N)[n+]3CCC[n+]3cc[nH]c3)c(=O)n2c1. The van der Waals surface area contributed by atoms with Gasteiger partial charge >= 0.3 is 0 Å². The Bertz CT molecular complexity index is 1410. The van der Waals surface area contributed by atoms with Gasteiger partial charge in [-0.2, -0.15) is 0 Å². The molecule has 0 aliphatic carbocycles. The molecule has 0 spiro atoms. The summed E-state index contributed by atoms with van der Waals surface area (Å²) in [5.41, 5.74) is 8.51. The molecule has 0 aromatic carbocycles. The minimum Gasteiger partial charge on any atom is -0.376 e. The van der Waals surface area contributed by atoms with E-state index in [4.69, 9.17) is 15.5 Å². The Hall–Kier alpha value is -3.79. The van der Waals surface area contributed by atoms with E-state index in [1.807, 2.05) is 42.3 Å². The van der Waals surface area contributed by atoms with E-state index in [9.17, 15) is 9.59 Å². The highest BCUT2D eigenvalue weighted by Gasteiger charge is 2.25. The number of anilines is 1. The summed E-state index contributed by atoms with van der Waals surface area (Å²) in [4.78, 5) is 34.3. The zero-order valence-electron chi connectivity index (χ0n) is 19.2. The lowest BCUT2D eigenvalue weighted by Crippen LogP contribution is -2.44. The number of pyridine rings is 2. The molecule has 34 heavy (non-hydrogen) atoms. The van der Waals surface area contributed by atoms with E-state index < -0.39 is 0 Å². The number of H-pyrrole nitrogens is 1. The first-order valence-corrected chi connectivity index (χ1v) is 11.6. The molecule has 176 valence electrons. The summed E-state index contributed by atoms with van der Waals surface area (Å²) in [5.74, 6) is -0.0304. The molecule has 4 aromatic heterocycles. The molecule has 1 saturated heterocycles. The first-order valence-electron chi connectivity index (χ1n) is 11.6. The van der Waals surface area contributed by atoms with Gasteiger partial charge in [-0.25, -0.2) is 9.13 Å². The summed E-state index contributed by atoms with van der Waals surface area (Å²) < 4.78 is 10.9. The van der Waals surface area contributed by atoms with Gasteiger partial charge in [-0.15, -0.1) is 0 Å². The summed E-state index contributed by atoms with van der Waals surface area (Å²) in [7, 11) is 0. The maximum absolute atomic E-state index is 13.4. The van der Waals surface area contributed by atoms with Gasteiger partial charge in [0.1, 0.15) is 23.3 Å². The molecule has 10 nitrogen and oxygen atoms in total. The van der Waals surface area contributed by atoms with Crippen molar-refractivity contribution in [3.63, 3.8) is 0 Å². The van der Waals surface area contributed by atoms with Crippen molar-refractivity contribution in [2.75, 3.05) is 18.9 Å². The fraction of sp³-hybridized carbons (Fsp3) is 0.375. The molecule has 1 aliphatic rings. The second kappa shape index (κ2) is 9.22. The van der Waals surface area contributed by atoms with E-state index >= 15 is 0 Å². The average molecular weight is 464 g/mol. The lowest BCUT2D eigenvalue weighted by molar-refractivity contribution is -0.712. The molecule has 1 atom stereocenters. The lowest BCUT2D eigenvalue weighted by atomic mass is 10.1. The molecule has 5 heterocycles. The molecule has 0 radical (unpaired) electrons. The number of hydrogen-bond donors (Lipinski definition) is 3. The van der Waals surface area contributed by atoms with Crippen molar-refractivity contribution in [2.45, 2.75) is 45.4 Å². The van der Waals surface area contributed by atoms with Crippen LogP contribution >= 0.6 is 0 Å². The third-order valence-electron chi connectivity index (χ3n) is 6.26. The maximum atomic E-state index is 13.4. The van der Waals surface area contributed by atoms with Crippen LogP contribution in [0.3, 0.4) is 0 Å². The fourth-order valence-corrected chi connectivity index (χ4v) is 4.44. The molecule has 4 aromatic rings.